The molecule has 1 saturated heterocycles. The first kappa shape index (κ1) is 19.6. The number of halogens is 1. The predicted octanol–water partition coefficient (Wildman–Crippen LogP) is 4.62. The standard InChI is InChI=1S/C24H23ClN6/c25-20-9-3-1-7-18(20)17-27-23-19-8-2-4-10-21(19)28-24(29-23)31-15-13-30(14-16-31)22-11-5-6-12-26-22/h1-12H,13-17H2,(H,27,28,29). The van der Waals surface area contributed by atoms with Gasteiger partial charge in [0.15, 0.2) is 0 Å². The molecule has 0 radical (unpaired) electrons. The molecule has 2 aromatic carbocycles. The van der Waals surface area contributed by atoms with Crippen LogP contribution in [-0.2, 0) is 6.54 Å². The van der Waals surface area contributed by atoms with Gasteiger partial charge in [-0.3, -0.25) is 0 Å². The number of rotatable bonds is 5. The van der Waals surface area contributed by atoms with E-state index in [1.165, 1.54) is 0 Å². The minimum Gasteiger partial charge on any atom is -0.365 e. The molecule has 0 spiro atoms. The Bertz CT molecular complexity index is 1180. The van der Waals surface area contributed by atoms with Gasteiger partial charge in [-0.2, -0.15) is 4.98 Å². The van der Waals surface area contributed by atoms with E-state index in [1.54, 1.807) is 0 Å². The maximum absolute atomic E-state index is 6.34. The zero-order valence-electron chi connectivity index (χ0n) is 17.1. The summed E-state index contributed by atoms with van der Waals surface area (Å²) in [6.45, 7) is 4.07. The van der Waals surface area contributed by atoms with Crippen LogP contribution >= 0.6 is 11.6 Å². The Labute approximate surface area is 186 Å². The summed E-state index contributed by atoms with van der Waals surface area (Å²) >= 11 is 6.34. The number of piperazine rings is 1. The Balaban J connectivity index is 1.38. The molecule has 1 N–H and O–H groups in total. The number of nitrogens with one attached hydrogen (secondary N) is 1. The number of para-hydroxylation sites is 1. The average molecular weight is 431 g/mol. The van der Waals surface area contributed by atoms with Crippen LogP contribution in [0.25, 0.3) is 10.9 Å². The van der Waals surface area contributed by atoms with Gasteiger partial charge in [-0.05, 0) is 35.9 Å². The van der Waals surface area contributed by atoms with E-state index in [0.29, 0.717) is 6.54 Å². The summed E-state index contributed by atoms with van der Waals surface area (Å²) in [7, 11) is 0. The molecular formula is C24H23ClN6. The number of aromatic nitrogens is 3. The second kappa shape index (κ2) is 8.78. The molecule has 156 valence electrons. The van der Waals surface area contributed by atoms with Crippen molar-refractivity contribution in [3.63, 3.8) is 0 Å². The largest absolute Gasteiger partial charge is 0.365 e. The van der Waals surface area contributed by atoms with Gasteiger partial charge in [0, 0.05) is 49.3 Å². The van der Waals surface area contributed by atoms with Crippen molar-refractivity contribution in [3.05, 3.63) is 83.5 Å². The van der Waals surface area contributed by atoms with Gasteiger partial charge >= 0.3 is 0 Å². The van der Waals surface area contributed by atoms with Crippen LogP contribution in [0.3, 0.4) is 0 Å². The highest BCUT2D eigenvalue weighted by Crippen LogP contribution is 2.26. The molecule has 1 fully saturated rings. The quantitative estimate of drug-likeness (QED) is 0.498. The van der Waals surface area contributed by atoms with Crippen LogP contribution in [0.2, 0.25) is 5.02 Å². The summed E-state index contributed by atoms with van der Waals surface area (Å²) in [5, 5.41) is 5.23. The van der Waals surface area contributed by atoms with Crippen LogP contribution in [0.5, 0.6) is 0 Å². The highest BCUT2D eigenvalue weighted by atomic mass is 35.5. The van der Waals surface area contributed by atoms with Gasteiger partial charge in [-0.1, -0.05) is 48.0 Å². The highest BCUT2D eigenvalue weighted by molar-refractivity contribution is 6.31. The van der Waals surface area contributed by atoms with E-state index >= 15 is 0 Å². The second-order valence-corrected chi connectivity index (χ2v) is 7.90. The molecule has 4 aromatic rings. The molecule has 0 unspecified atom stereocenters. The number of pyridine rings is 1. The molecule has 7 heteroatoms. The highest BCUT2D eigenvalue weighted by Gasteiger charge is 2.21. The molecule has 0 atom stereocenters. The van der Waals surface area contributed by atoms with E-state index in [4.69, 9.17) is 21.6 Å². The summed E-state index contributed by atoms with van der Waals surface area (Å²) in [6.07, 6.45) is 1.84. The van der Waals surface area contributed by atoms with E-state index in [9.17, 15) is 0 Å². The van der Waals surface area contributed by atoms with E-state index in [0.717, 1.165) is 65.3 Å². The molecular weight excluding hydrogens is 408 g/mol. The minimum atomic E-state index is 0.605. The SMILES string of the molecule is Clc1ccccc1CNc1nc(N2CCN(c3ccccn3)CC2)nc2ccccc12. The first-order valence-electron chi connectivity index (χ1n) is 10.4. The van der Waals surface area contributed by atoms with Gasteiger partial charge in [0.2, 0.25) is 5.95 Å². The molecule has 0 saturated carbocycles. The number of anilines is 3. The number of hydrogen-bond acceptors (Lipinski definition) is 6. The lowest BCUT2D eigenvalue weighted by molar-refractivity contribution is 0.636. The Morgan fingerprint density at radius 3 is 2.35 bits per heavy atom. The third kappa shape index (κ3) is 4.25. The summed E-state index contributed by atoms with van der Waals surface area (Å²) in [5.41, 5.74) is 1.97. The molecule has 2 aromatic heterocycles. The Hall–Kier alpha value is -3.38. The van der Waals surface area contributed by atoms with Crippen LogP contribution in [-0.4, -0.2) is 41.1 Å². The van der Waals surface area contributed by atoms with Gasteiger partial charge in [-0.25, -0.2) is 9.97 Å². The van der Waals surface area contributed by atoms with Gasteiger partial charge in [0.05, 0.1) is 5.52 Å². The number of fused-ring (bicyclic) bond motifs is 1. The van der Waals surface area contributed by atoms with E-state index in [2.05, 4.69) is 26.2 Å². The number of nitrogens with zero attached hydrogens (tertiary/aromatic N) is 5. The molecule has 0 aliphatic carbocycles. The predicted molar refractivity (Wildman–Crippen MR) is 127 cm³/mol. The van der Waals surface area contributed by atoms with Crippen LogP contribution in [0, 0.1) is 0 Å². The fourth-order valence-corrected chi connectivity index (χ4v) is 4.04. The minimum absolute atomic E-state index is 0.605. The molecule has 3 heterocycles. The Kier molecular flexibility index (Phi) is 5.54. The first-order valence-corrected chi connectivity index (χ1v) is 10.8. The van der Waals surface area contributed by atoms with Crippen molar-refractivity contribution >= 4 is 40.1 Å². The summed E-state index contributed by atoms with van der Waals surface area (Å²) in [4.78, 5) is 18.8. The van der Waals surface area contributed by atoms with Crippen molar-refractivity contribution in [2.45, 2.75) is 6.54 Å². The van der Waals surface area contributed by atoms with Gasteiger partial charge < -0.3 is 15.1 Å². The van der Waals surface area contributed by atoms with Gasteiger partial charge in [0.25, 0.3) is 0 Å². The van der Waals surface area contributed by atoms with Crippen molar-refractivity contribution in [2.75, 3.05) is 41.3 Å². The lowest BCUT2D eigenvalue weighted by Crippen LogP contribution is -2.47. The number of benzene rings is 2. The zero-order chi connectivity index (χ0) is 21.0. The molecule has 0 bridgehead atoms. The normalized spacial score (nSPS) is 14.1. The first-order chi connectivity index (χ1) is 15.3. The van der Waals surface area contributed by atoms with Crippen LogP contribution in [0.1, 0.15) is 5.56 Å². The molecule has 0 amide bonds. The summed E-state index contributed by atoms with van der Waals surface area (Å²) in [6, 6.07) is 22.0. The van der Waals surface area contributed by atoms with E-state index in [-0.39, 0.29) is 0 Å². The third-order valence-corrected chi connectivity index (χ3v) is 5.90. The van der Waals surface area contributed by atoms with Crippen molar-refractivity contribution < 1.29 is 0 Å². The molecule has 1 aliphatic heterocycles. The van der Waals surface area contributed by atoms with Crippen LogP contribution < -0.4 is 15.1 Å². The maximum atomic E-state index is 6.34. The van der Waals surface area contributed by atoms with Crippen molar-refractivity contribution in [1.29, 1.82) is 0 Å². The number of hydrogen-bond donors (Lipinski definition) is 1. The van der Waals surface area contributed by atoms with Crippen molar-refractivity contribution in [2.24, 2.45) is 0 Å². The van der Waals surface area contributed by atoms with Crippen LogP contribution in [0.4, 0.5) is 17.6 Å². The smallest absolute Gasteiger partial charge is 0.228 e. The monoisotopic (exact) mass is 430 g/mol. The topological polar surface area (TPSA) is 57.2 Å². The summed E-state index contributed by atoms with van der Waals surface area (Å²) < 4.78 is 0. The average Bonchev–Trinajstić information content (AvgIpc) is 2.84. The third-order valence-electron chi connectivity index (χ3n) is 5.53. The van der Waals surface area contributed by atoms with Crippen LogP contribution in [0.15, 0.2) is 72.9 Å². The molecule has 31 heavy (non-hydrogen) atoms. The van der Waals surface area contributed by atoms with E-state index in [1.807, 2.05) is 66.9 Å². The van der Waals surface area contributed by atoms with Crippen molar-refractivity contribution in [1.82, 2.24) is 15.0 Å². The maximum Gasteiger partial charge on any atom is 0.228 e. The lowest BCUT2D eigenvalue weighted by atomic mass is 10.2. The Morgan fingerprint density at radius 1 is 0.806 bits per heavy atom. The second-order valence-electron chi connectivity index (χ2n) is 7.50. The fraction of sp³-hybridized carbons (Fsp3) is 0.208. The fourth-order valence-electron chi connectivity index (χ4n) is 3.84. The van der Waals surface area contributed by atoms with Gasteiger partial charge in [-0.15, -0.1) is 0 Å². The molecule has 5 rings (SSSR count). The Morgan fingerprint density at radius 2 is 1.55 bits per heavy atom. The molecule has 6 nitrogen and oxygen atoms in total. The van der Waals surface area contributed by atoms with E-state index < -0.39 is 0 Å². The lowest BCUT2D eigenvalue weighted by Gasteiger charge is -2.35. The summed E-state index contributed by atoms with van der Waals surface area (Å²) in [5.74, 6) is 2.59. The van der Waals surface area contributed by atoms with Crippen molar-refractivity contribution in [3.8, 4) is 0 Å². The zero-order valence-corrected chi connectivity index (χ0v) is 17.8. The van der Waals surface area contributed by atoms with Gasteiger partial charge in [0.1, 0.15) is 11.6 Å². The molecule has 1 aliphatic rings.